The molecule has 0 saturated heterocycles. The van der Waals surface area contributed by atoms with Crippen LogP contribution in [0.2, 0.25) is 0 Å². The van der Waals surface area contributed by atoms with Crippen LogP contribution < -0.4 is 4.74 Å². The first-order valence-corrected chi connectivity index (χ1v) is 7.69. The maximum Gasteiger partial charge on any atom is 0.363 e. The van der Waals surface area contributed by atoms with Gasteiger partial charge in [-0.1, -0.05) is 0 Å². The van der Waals surface area contributed by atoms with Crippen molar-refractivity contribution in [1.29, 1.82) is 0 Å². The lowest BCUT2D eigenvalue weighted by atomic mass is 10.2. The number of esters is 2. The number of benzene rings is 1. The average molecular weight is 497 g/mol. The fraction of sp³-hybridized carbons (Fsp3) is 0.154. The van der Waals surface area contributed by atoms with Gasteiger partial charge >= 0.3 is 11.9 Å². The third kappa shape index (κ3) is 3.57. The normalized spacial score (nSPS) is 16.1. The summed E-state index contributed by atoms with van der Waals surface area (Å²) in [5.74, 6) is 0.0276. The fourth-order valence-corrected chi connectivity index (χ4v) is 3.61. The first-order valence-electron chi connectivity index (χ1n) is 5.53. The monoisotopic (exact) mass is 497 g/mol. The number of rotatable bonds is 2. The smallest absolute Gasteiger partial charge is 0.363 e. The van der Waals surface area contributed by atoms with E-state index < -0.39 is 5.97 Å². The largest absolute Gasteiger partial charge is 0.424 e. The number of hydrogen-bond donors (Lipinski definition) is 0. The van der Waals surface area contributed by atoms with Crippen LogP contribution in [0.5, 0.6) is 5.75 Å². The zero-order valence-corrected chi connectivity index (χ0v) is 14.9. The summed E-state index contributed by atoms with van der Waals surface area (Å²) in [6.45, 7) is 2.98. The second-order valence-corrected chi connectivity index (χ2v) is 6.28. The van der Waals surface area contributed by atoms with Crippen LogP contribution in [-0.4, -0.2) is 17.8 Å². The Labute approximate surface area is 142 Å². The Balaban J connectivity index is 2.38. The molecule has 2 rings (SSSR count). The molecule has 0 N–H and O–H groups in total. The molecular formula is C13H9I2NO4. The molecule has 1 aliphatic rings. The highest BCUT2D eigenvalue weighted by Gasteiger charge is 2.20. The van der Waals surface area contributed by atoms with Gasteiger partial charge in [0.25, 0.3) is 0 Å². The third-order valence-electron chi connectivity index (χ3n) is 2.30. The first kappa shape index (κ1) is 15.4. The molecule has 0 fully saturated rings. The van der Waals surface area contributed by atoms with Crippen LogP contribution in [0.3, 0.4) is 0 Å². The van der Waals surface area contributed by atoms with Crippen LogP contribution in [-0.2, 0) is 14.3 Å². The Morgan fingerprint density at radius 3 is 2.40 bits per heavy atom. The molecule has 5 nitrogen and oxygen atoms in total. The lowest BCUT2D eigenvalue weighted by molar-refractivity contribution is -0.132. The second kappa shape index (κ2) is 6.20. The Kier molecular flexibility index (Phi) is 4.78. The predicted octanol–water partition coefficient (Wildman–Crippen LogP) is 3.14. The third-order valence-corrected chi connectivity index (χ3v) is 3.90. The van der Waals surface area contributed by atoms with Crippen LogP contribution >= 0.6 is 45.2 Å². The predicted molar refractivity (Wildman–Crippen MR) is 90.4 cm³/mol. The van der Waals surface area contributed by atoms with Gasteiger partial charge in [-0.15, -0.1) is 0 Å². The lowest BCUT2D eigenvalue weighted by Gasteiger charge is -2.08. The van der Waals surface area contributed by atoms with Gasteiger partial charge in [-0.2, -0.15) is 0 Å². The molecule has 0 unspecified atom stereocenters. The molecular weight excluding hydrogens is 488 g/mol. The van der Waals surface area contributed by atoms with E-state index in [-0.39, 0.29) is 11.7 Å². The van der Waals surface area contributed by atoms with Gasteiger partial charge in [0.05, 0.1) is 7.14 Å². The summed E-state index contributed by atoms with van der Waals surface area (Å²) in [6, 6.07) is 3.62. The number of ether oxygens (including phenoxy) is 2. The van der Waals surface area contributed by atoms with Crippen molar-refractivity contribution in [3.05, 3.63) is 30.5 Å². The highest BCUT2D eigenvalue weighted by molar-refractivity contribution is 14.1. The Bertz CT molecular complexity index is 641. The zero-order chi connectivity index (χ0) is 14.9. The van der Waals surface area contributed by atoms with E-state index in [2.05, 4.69) is 50.2 Å². The Morgan fingerprint density at radius 1 is 1.35 bits per heavy atom. The quantitative estimate of drug-likeness (QED) is 0.273. The minimum Gasteiger partial charge on any atom is -0.424 e. The van der Waals surface area contributed by atoms with Crippen molar-refractivity contribution in [2.45, 2.75) is 13.8 Å². The minimum absolute atomic E-state index is 0.259. The van der Waals surface area contributed by atoms with E-state index in [1.54, 1.807) is 13.0 Å². The number of cyclic esters (lactones) is 1. The molecule has 0 atom stereocenters. The molecule has 0 bridgehead atoms. The summed E-state index contributed by atoms with van der Waals surface area (Å²) in [5.41, 5.74) is 1.05. The van der Waals surface area contributed by atoms with Crippen molar-refractivity contribution in [2.75, 3.05) is 0 Å². The highest BCUT2D eigenvalue weighted by atomic mass is 127. The number of carbonyl (C=O) groups is 2. The van der Waals surface area contributed by atoms with E-state index in [1.807, 2.05) is 12.1 Å². The summed E-state index contributed by atoms with van der Waals surface area (Å²) in [4.78, 5) is 26.5. The molecule has 0 saturated carbocycles. The molecule has 104 valence electrons. The van der Waals surface area contributed by atoms with Crippen molar-refractivity contribution in [3.8, 4) is 5.75 Å². The number of carbonyl (C=O) groups excluding carboxylic acids is 2. The molecule has 0 spiro atoms. The van der Waals surface area contributed by atoms with E-state index in [1.165, 1.54) is 6.92 Å². The number of halogens is 2. The van der Waals surface area contributed by atoms with Gasteiger partial charge < -0.3 is 9.47 Å². The zero-order valence-electron chi connectivity index (χ0n) is 10.6. The standard InChI is InChI=1S/C13H9I2NO4/c1-6-16-11(13(18)19-6)5-8-3-9(14)12(10(15)4-8)20-7(2)17/h3-5H,1-2H3/b11-5+. The van der Waals surface area contributed by atoms with Crippen LogP contribution in [0.1, 0.15) is 19.4 Å². The summed E-state index contributed by atoms with van der Waals surface area (Å²) in [7, 11) is 0. The molecule has 0 aliphatic carbocycles. The van der Waals surface area contributed by atoms with Crippen molar-refractivity contribution in [2.24, 2.45) is 4.99 Å². The molecule has 0 radical (unpaired) electrons. The highest BCUT2D eigenvalue weighted by Crippen LogP contribution is 2.30. The molecule has 0 aromatic heterocycles. The fourth-order valence-electron chi connectivity index (χ4n) is 1.58. The molecule has 7 heteroatoms. The topological polar surface area (TPSA) is 65.0 Å². The maximum atomic E-state index is 11.5. The van der Waals surface area contributed by atoms with Gasteiger partial charge in [0, 0.05) is 13.8 Å². The molecule has 1 aromatic carbocycles. The van der Waals surface area contributed by atoms with Crippen LogP contribution in [0.25, 0.3) is 6.08 Å². The lowest BCUT2D eigenvalue weighted by Crippen LogP contribution is -2.05. The number of hydrogen-bond acceptors (Lipinski definition) is 5. The minimum atomic E-state index is -0.462. The van der Waals surface area contributed by atoms with Gasteiger partial charge in [-0.25, -0.2) is 9.79 Å². The Hall–Kier alpha value is -0.970. The van der Waals surface area contributed by atoms with Crippen LogP contribution in [0.4, 0.5) is 0 Å². The molecule has 20 heavy (non-hydrogen) atoms. The van der Waals surface area contributed by atoms with Gasteiger partial charge in [-0.05, 0) is 69.0 Å². The molecule has 1 aromatic rings. The molecule has 1 heterocycles. The average Bonchev–Trinajstić information content (AvgIpc) is 2.62. The van der Waals surface area contributed by atoms with E-state index >= 15 is 0 Å². The van der Waals surface area contributed by atoms with E-state index in [9.17, 15) is 9.59 Å². The first-order chi connectivity index (χ1) is 9.36. The summed E-state index contributed by atoms with van der Waals surface area (Å²) in [6.07, 6.45) is 1.64. The van der Waals surface area contributed by atoms with Gasteiger partial charge in [0.1, 0.15) is 0 Å². The van der Waals surface area contributed by atoms with Crippen molar-refractivity contribution < 1.29 is 19.1 Å². The van der Waals surface area contributed by atoms with Gasteiger partial charge in [-0.3, -0.25) is 4.79 Å². The maximum absolute atomic E-state index is 11.5. The van der Waals surface area contributed by atoms with E-state index in [0.29, 0.717) is 11.6 Å². The summed E-state index contributed by atoms with van der Waals surface area (Å²) in [5, 5.41) is 0. The second-order valence-electron chi connectivity index (χ2n) is 3.96. The van der Waals surface area contributed by atoms with E-state index in [0.717, 1.165) is 12.7 Å². The molecule has 0 amide bonds. The van der Waals surface area contributed by atoms with Crippen molar-refractivity contribution in [1.82, 2.24) is 0 Å². The number of nitrogens with zero attached hydrogens (tertiary/aromatic N) is 1. The SMILES string of the molecule is CC(=O)Oc1c(I)cc(/C=C2/N=C(C)OC2=O)cc1I. The number of aliphatic imine (C=N–C) groups is 1. The van der Waals surface area contributed by atoms with Crippen molar-refractivity contribution >= 4 is 69.1 Å². The molecule has 1 aliphatic heterocycles. The van der Waals surface area contributed by atoms with Crippen LogP contribution in [0, 0.1) is 7.14 Å². The van der Waals surface area contributed by atoms with Crippen molar-refractivity contribution in [3.63, 3.8) is 0 Å². The van der Waals surface area contributed by atoms with E-state index in [4.69, 9.17) is 9.47 Å². The van der Waals surface area contributed by atoms with Crippen LogP contribution in [0.15, 0.2) is 22.8 Å². The van der Waals surface area contributed by atoms with Gasteiger partial charge in [0.15, 0.2) is 17.3 Å². The summed E-state index contributed by atoms with van der Waals surface area (Å²) >= 11 is 4.16. The Morgan fingerprint density at radius 2 is 1.95 bits per heavy atom. The summed E-state index contributed by atoms with van der Waals surface area (Å²) < 4.78 is 11.6. The van der Waals surface area contributed by atoms with Gasteiger partial charge in [0.2, 0.25) is 0 Å².